The fourth-order valence-electron chi connectivity index (χ4n) is 3.49. The van der Waals surface area contributed by atoms with E-state index in [0.29, 0.717) is 12.5 Å². The third-order valence-electron chi connectivity index (χ3n) is 4.69. The van der Waals surface area contributed by atoms with E-state index in [-0.39, 0.29) is 6.10 Å². The summed E-state index contributed by atoms with van der Waals surface area (Å²) in [4.78, 5) is 0. The molecule has 0 spiro atoms. The van der Waals surface area contributed by atoms with Crippen LogP contribution in [-0.2, 0) is 22.5 Å². The second-order valence-electron chi connectivity index (χ2n) is 6.50. The highest BCUT2D eigenvalue weighted by Gasteiger charge is 2.34. The van der Waals surface area contributed by atoms with E-state index in [0.717, 1.165) is 30.8 Å². The molecule has 0 saturated carbocycles. The smallest absolute Gasteiger partial charge is 0.157 e. The van der Waals surface area contributed by atoms with Crippen molar-refractivity contribution in [2.45, 2.75) is 32.0 Å². The third-order valence-corrected chi connectivity index (χ3v) is 4.69. The fraction of sp³-hybridized carbons (Fsp3) is 0.273. The van der Waals surface area contributed by atoms with Gasteiger partial charge in [-0.1, -0.05) is 66.7 Å². The van der Waals surface area contributed by atoms with E-state index in [1.165, 1.54) is 11.1 Å². The fourth-order valence-corrected chi connectivity index (χ4v) is 3.49. The first-order chi connectivity index (χ1) is 11.9. The lowest BCUT2D eigenvalue weighted by Crippen LogP contribution is -2.08. The van der Waals surface area contributed by atoms with Crippen LogP contribution >= 0.6 is 0 Å². The summed E-state index contributed by atoms with van der Waals surface area (Å²) in [6.07, 6.45) is 7.63. The van der Waals surface area contributed by atoms with Gasteiger partial charge in [0.05, 0.1) is 0 Å². The van der Waals surface area contributed by atoms with Gasteiger partial charge in [-0.05, 0) is 30.0 Å². The number of fused-ring (bicyclic) bond motifs is 1. The van der Waals surface area contributed by atoms with Gasteiger partial charge in [0.15, 0.2) is 5.76 Å². The van der Waals surface area contributed by atoms with Crippen molar-refractivity contribution in [2.75, 3.05) is 0 Å². The molecule has 0 N–H and O–H groups in total. The van der Waals surface area contributed by atoms with Crippen molar-refractivity contribution in [3.8, 4) is 0 Å². The van der Waals surface area contributed by atoms with Crippen molar-refractivity contribution < 1.29 is 9.47 Å². The molecule has 2 nitrogen and oxygen atoms in total. The molecule has 2 aromatic carbocycles. The van der Waals surface area contributed by atoms with Crippen LogP contribution in [0.3, 0.4) is 0 Å². The van der Waals surface area contributed by atoms with Crippen LogP contribution in [0, 0.1) is 5.92 Å². The van der Waals surface area contributed by atoms with Crippen molar-refractivity contribution in [1.82, 2.24) is 0 Å². The summed E-state index contributed by atoms with van der Waals surface area (Å²) in [5, 5.41) is 0. The van der Waals surface area contributed by atoms with Gasteiger partial charge in [0.2, 0.25) is 0 Å². The Morgan fingerprint density at radius 2 is 1.62 bits per heavy atom. The van der Waals surface area contributed by atoms with Crippen molar-refractivity contribution >= 4 is 0 Å². The molecule has 0 amide bonds. The Hall–Kier alpha value is -2.48. The average molecular weight is 318 g/mol. The zero-order chi connectivity index (χ0) is 16.2. The zero-order valence-corrected chi connectivity index (χ0v) is 13.7. The molecular weight excluding hydrogens is 296 g/mol. The molecule has 122 valence electrons. The lowest BCUT2D eigenvalue weighted by atomic mass is 9.93. The predicted octanol–water partition coefficient (Wildman–Crippen LogP) is 5.02. The summed E-state index contributed by atoms with van der Waals surface area (Å²) in [6.45, 7) is 0.587. The van der Waals surface area contributed by atoms with Crippen LogP contribution in [0.25, 0.3) is 0 Å². The van der Waals surface area contributed by atoms with Crippen molar-refractivity contribution in [2.24, 2.45) is 5.92 Å². The molecule has 2 atom stereocenters. The first-order valence-electron chi connectivity index (χ1n) is 8.66. The molecule has 1 heterocycles. The number of ether oxygens (including phenoxy) is 2. The standard InChI is InChI=1S/C22H22O2/c1-3-8-17(9-4-1)14-20-15-19-12-7-13-21(22(19)24-20)23-16-18-10-5-2-6-11-18/h1-11,13,19-20H,12,14-16H2. The molecule has 1 aliphatic carbocycles. The van der Waals surface area contributed by atoms with Crippen molar-refractivity contribution in [1.29, 1.82) is 0 Å². The number of rotatable bonds is 5. The van der Waals surface area contributed by atoms with E-state index in [9.17, 15) is 0 Å². The van der Waals surface area contributed by atoms with Crippen LogP contribution in [-0.4, -0.2) is 6.10 Å². The highest BCUT2D eigenvalue weighted by molar-refractivity contribution is 5.27. The molecular formula is C22H22O2. The monoisotopic (exact) mass is 318 g/mol. The largest absolute Gasteiger partial charge is 0.490 e. The third kappa shape index (κ3) is 3.38. The van der Waals surface area contributed by atoms with E-state index >= 15 is 0 Å². The maximum absolute atomic E-state index is 6.27. The molecule has 2 unspecified atom stereocenters. The zero-order valence-electron chi connectivity index (χ0n) is 13.7. The van der Waals surface area contributed by atoms with E-state index in [4.69, 9.17) is 9.47 Å². The van der Waals surface area contributed by atoms with E-state index in [1.807, 2.05) is 18.2 Å². The molecule has 2 heteroatoms. The summed E-state index contributed by atoms with van der Waals surface area (Å²) >= 11 is 0. The van der Waals surface area contributed by atoms with Crippen LogP contribution in [0.2, 0.25) is 0 Å². The van der Waals surface area contributed by atoms with Gasteiger partial charge < -0.3 is 9.47 Å². The molecule has 2 aliphatic rings. The van der Waals surface area contributed by atoms with E-state index in [1.54, 1.807) is 0 Å². The number of benzene rings is 2. The Bertz CT molecular complexity index is 731. The second-order valence-corrected chi connectivity index (χ2v) is 6.50. The molecule has 1 saturated heterocycles. The SMILES string of the molecule is C1=CC(OCc2ccccc2)=C2OC(Cc3ccccc3)CC2C1. The minimum atomic E-state index is 0.252. The number of hydrogen-bond donors (Lipinski definition) is 0. The van der Waals surface area contributed by atoms with E-state index in [2.05, 4.69) is 54.6 Å². The molecule has 2 aromatic rings. The summed E-state index contributed by atoms with van der Waals surface area (Å²) in [5.74, 6) is 2.43. The van der Waals surface area contributed by atoms with Crippen LogP contribution in [0.5, 0.6) is 0 Å². The summed E-state index contributed by atoms with van der Waals surface area (Å²) in [7, 11) is 0. The van der Waals surface area contributed by atoms with Crippen LogP contribution < -0.4 is 0 Å². The highest BCUT2D eigenvalue weighted by atomic mass is 16.5. The normalized spacial score (nSPS) is 22.2. The molecule has 4 rings (SSSR count). The van der Waals surface area contributed by atoms with Crippen LogP contribution in [0.4, 0.5) is 0 Å². The van der Waals surface area contributed by atoms with E-state index < -0.39 is 0 Å². The summed E-state index contributed by atoms with van der Waals surface area (Å²) < 4.78 is 12.3. The topological polar surface area (TPSA) is 18.5 Å². The maximum atomic E-state index is 6.27. The summed E-state index contributed by atoms with van der Waals surface area (Å²) in [6, 6.07) is 20.9. The van der Waals surface area contributed by atoms with Gasteiger partial charge in [0.1, 0.15) is 18.5 Å². The molecule has 1 aliphatic heterocycles. The second kappa shape index (κ2) is 6.96. The maximum Gasteiger partial charge on any atom is 0.157 e. The molecule has 24 heavy (non-hydrogen) atoms. The molecule has 0 aromatic heterocycles. The molecule has 0 radical (unpaired) electrons. The van der Waals surface area contributed by atoms with Gasteiger partial charge in [0, 0.05) is 12.3 Å². The minimum Gasteiger partial charge on any atom is -0.490 e. The van der Waals surface area contributed by atoms with Gasteiger partial charge >= 0.3 is 0 Å². The Balaban J connectivity index is 1.44. The predicted molar refractivity (Wildman–Crippen MR) is 95.1 cm³/mol. The van der Waals surface area contributed by atoms with Crippen LogP contribution in [0.1, 0.15) is 24.0 Å². The number of hydrogen-bond acceptors (Lipinski definition) is 2. The molecule has 1 fully saturated rings. The highest BCUT2D eigenvalue weighted by Crippen LogP contribution is 2.39. The first kappa shape index (κ1) is 15.1. The van der Waals surface area contributed by atoms with Gasteiger partial charge in [-0.25, -0.2) is 0 Å². The van der Waals surface area contributed by atoms with Gasteiger partial charge in [-0.15, -0.1) is 0 Å². The lowest BCUT2D eigenvalue weighted by molar-refractivity contribution is 0.128. The van der Waals surface area contributed by atoms with Gasteiger partial charge in [0.25, 0.3) is 0 Å². The van der Waals surface area contributed by atoms with Crippen molar-refractivity contribution in [3.05, 3.63) is 95.5 Å². The molecule has 0 bridgehead atoms. The summed E-state index contributed by atoms with van der Waals surface area (Å²) in [5.41, 5.74) is 2.52. The lowest BCUT2D eigenvalue weighted by Gasteiger charge is -2.18. The Morgan fingerprint density at radius 1 is 0.917 bits per heavy atom. The first-order valence-corrected chi connectivity index (χ1v) is 8.66. The average Bonchev–Trinajstić information content (AvgIpc) is 3.04. The number of allylic oxidation sites excluding steroid dienone is 3. The van der Waals surface area contributed by atoms with Crippen molar-refractivity contribution in [3.63, 3.8) is 0 Å². The quantitative estimate of drug-likeness (QED) is 0.770. The minimum absolute atomic E-state index is 0.252. The van der Waals surface area contributed by atoms with Crippen LogP contribution in [0.15, 0.2) is 84.3 Å². The van der Waals surface area contributed by atoms with Gasteiger partial charge in [-0.3, -0.25) is 0 Å². The van der Waals surface area contributed by atoms with Gasteiger partial charge in [-0.2, -0.15) is 0 Å². The Morgan fingerprint density at radius 3 is 2.38 bits per heavy atom. The Labute approximate surface area is 143 Å². The Kier molecular flexibility index (Phi) is 4.37.